The first kappa shape index (κ1) is 20.1. The van der Waals surface area contributed by atoms with Gasteiger partial charge in [0.15, 0.2) is 11.5 Å². The summed E-state index contributed by atoms with van der Waals surface area (Å²) >= 11 is 0. The molecule has 2 rings (SSSR count). The maximum Gasteiger partial charge on any atom is 0.160 e. The zero-order valence-electron chi connectivity index (χ0n) is 16.0. The minimum absolute atomic E-state index is 0.0793. The molecule has 0 saturated heterocycles. The lowest BCUT2D eigenvalue weighted by Gasteiger charge is -2.21. The van der Waals surface area contributed by atoms with Crippen molar-refractivity contribution in [1.82, 2.24) is 5.32 Å². The van der Waals surface area contributed by atoms with Crippen LogP contribution in [0.5, 0.6) is 17.2 Å². The fraction of sp³-hybridized carbons (Fsp3) is 0.429. The molecule has 0 bridgehead atoms. The first-order chi connectivity index (χ1) is 12.5. The molecule has 5 nitrogen and oxygen atoms in total. The lowest BCUT2D eigenvalue weighted by atomic mass is 10.0. The smallest absolute Gasteiger partial charge is 0.160 e. The van der Waals surface area contributed by atoms with Gasteiger partial charge in [0.1, 0.15) is 5.75 Å². The summed E-state index contributed by atoms with van der Waals surface area (Å²) in [5.41, 5.74) is 2.76. The number of methoxy groups -OCH3 is 2. The molecule has 0 spiro atoms. The van der Waals surface area contributed by atoms with Crippen LogP contribution in [0.25, 0.3) is 0 Å². The molecule has 2 aromatic carbocycles. The van der Waals surface area contributed by atoms with Gasteiger partial charge in [-0.15, -0.1) is 0 Å². The molecule has 2 atom stereocenters. The number of aromatic hydroxyl groups is 1. The predicted octanol–water partition coefficient (Wildman–Crippen LogP) is 3.36. The normalized spacial score (nSPS) is 13.3. The van der Waals surface area contributed by atoms with Crippen molar-refractivity contribution < 1.29 is 19.7 Å². The number of aryl methyl sites for hydroxylation is 2. The average molecular weight is 359 g/mol. The van der Waals surface area contributed by atoms with Gasteiger partial charge in [0, 0.05) is 6.04 Å². The Morgan fingerprint density at radius 3 is 2.42 bits per heavy atom. The predicted molar refractivity (Wildman–Crippen MR) is 103 cm³/mol. The highest BCUT2D eigenvalue weighted by molar-refractivity contribution is 5.43. The molecular formula is C21H29NO4. The molecule has 0 aliphatic rings. The van der Waals surface area contributed by atoms with Crippen molar-refractivity contribution in [2.45, 2.75) is 38.8 Å². The second-order valence-corrected chi connectivity index (χ2v) is 6.53. The molecule has 142 valence electrons. The summed E-state index contributed by atoms with van der Waals surface area (Å²) in [6, 6.07) is 11.1. The Morgan fingerprint density at radius 1 is 1.04 bits per heavy atom. The first-order valence-corrected chi connectivity index (χ1v) is 8.88. The molecule has 0 aromatic heterocycles. The van der Waals surface area contributed by atoms with E-state index < -0.39 is 6.10 Å². The molecule has 3 N–H and O–H groups in total. The van der Waals surface area contributed by atoms with Crippen molar-refractivity contribution in [3.8, 4) is 17.2 Å². The Bertz CT molecular complexity index is 717. The molecule has 0 amide bonds. The summed E-state index contributed by atoms with van der Waals surface area (Å²) in [6.07, 6.45) is 1.24. The zero-order chi connectivity index (χ0) is 19.1. The minimum atomic E-state index is -0.615. The molecule has 0 radical (unpaired) electrons. The second kappa shape index (κ2) is 9.46. The third-order valence-corrected chi connectivity index (χ3v) is 4.59. The van der Waals surface area contributed by atoms with Gasteiger partial charge < -0.3 is 25.0 Å². The number of aliphatic hydroxyl groups is 1. The van der Waals surface area contributed by atoms with E-state index in [0.717, 1.165) is 42.0 Å². The molecule has 5 heteroatoms. The molecule has 26 heavy (non-hydrogen) atoms. The summed E-state index contributed by atoms with van der Waals surface area (Å²) in [6.45, 7) is 4.58. The van der Waals surface area contributed by atoms with Gasteiger partial charge in [-0.05, 0) is 74.2 Å². The highest BCUT2D eigenvalue weighted by atomic mass is 16.5. The summed E-state index contributed by atoms with van der Waals surface area (Å²) in [4.78, 5) is 0. The molecule has 0 saturated carbocycles. The summed E-state index contributed by atoms with van der Waals surface area (Å²) < 4.78 is 10.6. The minimum Gasteiger partial charge on any atom is -0.508 e. The van der Waals surface area contributed by atoms with Crippen molar-refractivity contribution in [3.05, 3.63) is 53.1 Å². The summed E-state index contributed by atoms with van der Waals surface area (Å²) in [5, 5.41) is 23.4. The number of phenolic OH excluding ortho intramolecular Hbond substituents is 1. The van der Waals surface area contributed by atoms with E-state index in [2.05, 4.69) is 5.32 Å². The van der Waals surface area contributed by atoms with Crippen LogP contribution >= 0.6 is 0 Å². The highest BCUT2D eigenvalue weighted by Crippen LogP contribution is 2.28. The van der Waals surface area contributed by atoms with Crippen LogP contribution < -0.4 is 14.8 Å². The van der Waals surface area contributed by atoms with Crippen LogP contribution in [0.1, 0.15) is 36.1 Å². The van der Waals surface area contributed by atoms with E-state index in [0.29, 0.717) is 0 Å². The van der Waals surface area contributed by atoms with Crippen molar-refractivity contribution in [1.29, 1.82) is 0 Å². The molecule has 0 heterocycles. The number of hydrogen-bond donors (Lipinski definition) is 3. The Balaban J connectivity index is 1.82. The molecule has 0 aliphatic heterocycles. The fourth-order valence-electron chi connectivity index (χ4n) is 2.92. The lowest BCUT2D eigenvalue weighted by molar-refractivity contribution is 0.136. The van der Waals surface area contributed by atoms with E-state index in [-0.39, 0.29) is 11.8 Å². The van der Waals surface area contributed by atoms with Crippen molar-refractivity contribution >= 4 is 0 Å². The summed E-state index contributed by atoms with van der Waals surface area (Å²) in [7, 11) is 3.26. The SMILES string of the molecule is COc1ccc(CCCNC(C)C(O)c2ccc(O)c(C)c2)cc1OC. The number of hydrogen-bond acceptors (Lipinski definition) is 5. The van der Waals surface area contributed by atoms with E-state index in [1.807, 2.05) is 38.1 Å². The van der Waals surface area contributed by atoms with Gasteiger partial charge in [-0.3, -0.25) is 0 Å². The monoisotopic (exact) mass is 359 g/mol. The first-order valence-electron chi connectivity index (χ1n) is 8.88. The van der Waals surface area contributed by atoms with Crippen LogP contribution in [0.4, 0.5) is 0 Å². The maximum atomic E-state index is 10.5. The highest BCUT2D eigenvalue weighted by Gasteiger charge is 2.16. The second-order valence-electron chi connectivity index (χ2n) is 6.53. The van der Waals surface area contributed by atoms with Crippen LogP contribution in [0.15, 0.2) is 36.4 Å². The lowest BCUT2D eigenvalue weighted by Crippen LogP contribution is -2.33. The van der Waals surface area contributed by atoms with Crippen LogP contribution in [-0.2, 0) is 6.42 Å². The van der Waals surface area contributed by atoms with Crippen LogP contribution in [0.3, 0.4) is 0 Å². The van der Waals surface area contributed by atoms with Gasteiger partial charge in [-0.1, -0.05) is 12.1 Å². The maximum absolute atomic E-state index is 10.5. The number of rotatable bonds is 9. The van der Waals surface area contributed by atoms with E-state index >= 15 is 0 Å². The van der Waals surface area contributed by atoms with E-state index in [9.17, 15) is 10.2 Å². The molecule has 0 aliphatic carbocycles. The zero-order valence-corrected chi connectivity index (χ0v) is 16.0. The van der Waals surface area contributed by atoms with Crippen molar-refractivity contribution in [2.24, 2.45) is 0 Å². The van der Waals surface area contributed by atoms with Crippen LogP contribution in [-0.4, -0.2) is 37.0 Å². The molecular weight excluding hydrogens is 330 g/mol. The Labute approximate surface area is 155 Å². The molecule has 2 aromatic rings. The molecule has 2 unspecified atom stereocenters. The third kappa shape index (κ3) is 5.13. The van der Waals surface area contributed by atoms with Gasteiger partial charge >= 0.3 is 0 Å². The van der Waals surface area contributed by atoms with Crippen molar-refractivity contribution in [3.63, 3.8) is 0 Å². The van der Waals surface area contributed by atoms with E-state index in [4.69, 9.17) is 9.47 Å². The number of phenols is 1. The molecule has 0 fully saturated rings. The third-order valence-electron chi connectivity index (χ3n) is 4.59. The number of ether oxygens (including phenoxy) is 2. The Hall–Kier alpha value is -2.24. The number of nitrogens with one attached hydrogen (secondary N) is 1. The van der Waals surface area contributed by atoms with Gasteiger partial charge in [-0.25, -0.2) is 0 Å². The van der Waals surface area contributed by atoms with E-state index in [1.165, 1.54) is 5.56 Å². The van der Waals surface area contributed by atoms with Crippen LogP contribution in [0, 0.1) is 6.92 Å². The van der Waals surface area contributed by atoms with E-state index in [1.54, 1.807) is 26.4 Å². The topological polar surface area (TPSA) is 71.0 Å². The van der Waals surface area contributed by atoms with Crippen molar-refractivity contribution in [2.75, 3.05) is 20.8 Å². The van der Waals surface area contributed by atoms with Gasteiger partial charge in [0.2, 0.25) is 0 Å². The largest absolute Gasteiger partial charge is 0.508 e. The Morgan fingerprint density at radius 2 is 1.77 bits per heavy atom. The average Bonchev–Trinajstić information content (AvgIpc) is 2.66. The Kier molecular flexibility index (Phi) is 7.30. The van der Waals surface area contributed by atoms with Gasteiger partial charge in [0.25, 0.3) is 0 Å². The summed E-state index contributed by atoms with van der Waals surface area (Å²) in [5.74, 6) is 1.72. The van der Waals surface area contributed by atoms with Gasteiger partial charge in [0.05, 0.1) is 20.3 Å². The quantitative estimate of drug-likeness (QED) is 0.599. The fourth-order valence-corrected chi connectivity index (χ4v) is 2.92. The standard InChI is InChI=1S/C21H29NO4/c1-14-12-17(8-9-18(14)23)21(24)15(2)22-11-5-6-16-7-10-19(25-3)20(13-16)26-4/h7-10,12-13,15,21-24H,5-6,11H2,1-4H3. The van der Waals surface area contributed by atoms with Crippen LogP contribution in [0.2, 0.25) is 0 Å². The van der Waals surface area contributed by atoms with Gasteiger partial charge in [-0.2, -0.15) is 0 Å². The number of aliphatic hydroxyl groups excluding tert-OH is 1. The number of benzene rings is 2.